The van der Waals surface area contributed by atoms with Gasteiger partial charge >= 0.3 is 0 Å². The third kappa shape index (κ3) is 7.66. The number of hydrogen-bond acceptors (Lipinski definition) is 7. The van der Waals surface area contributed by atoms with E-state index in [1.807, 2.05) is 12.1 Å². The summed E-state index contributed by atoms with van der Waals surface area (Å²) in [5.74, 6) is 1.19. The predicted octanol–water partition coefficient (Wildman–Crippen LogP) is 2.27. The van der Waals surface area contributed by atoms with Crippen molar-refractivity contribution in [2.45, 2.75) is 12.5 Å². The van der Waals surface area contributed by atoms with E-state index in [2.05, 4.69) is 20.1 Å². The molecule has 0 bridgehead atoms. The number of nitrogens with one attached hydrogen (secondary N) is 1. The Morgan fingerprint density at radius 2 is 2.00 bits per heavy atom. The summed E-state index contributed by atoms with van der Waals surface area (Å²) >= 11 is 5.84. The van der Waals surface area contributed by atoms with Crippen molar-refractivity contribution in [3.05, 3.63) is 47.6 Å². The van der Waals surface area contributed by atoms with Crippen LogP contribution in [0.25, 0.3) is 0 Å². The highest BCUT2D eigenvalue weighted by Crippen LogP contribution is 2.18. The number of pyridine rings is 1. The van der Waals surface area contributed by atoms with E-state index in [0.29, 0.717) is 29.6 Å². The summed E-state index contributed by atoms with van der Waals surface area (Å²) in [7, 11) is 1.60. The zero-order valence-electron chi connectivity index (χ0n) is 17.7. The van der Waals surface area contributed by atoms with Crippen LogP contribution in [0.5, 0.6) is 5.75 Å². The number of carbonyl (C=O) groups excluding carboxylic acids is 1. The van der Waals surface area contributed by atoms with E-state index in [0.717, 1.165) is 38.4 Å². The molecule has 2 heterocycles. The Hall–Kier alpha value is -2.39. The average Bonchev–Trinajstić information content (AvgIpc) is 3.00. The van der Waals surface area contributed by atoms with Crippen molar-refractivity contribution in [1.29, 1.82) is 0 Å². The minimum absolute atomic E-state index is 0.0970. The summed E-state index contributed by atoms with van der Waals surface area (Å²) in [6.07, 6.45) is 2.17. The molecule has 8 nitrogen and oxygen atoms in total. The molecule has 1 unspecified atom stereocenters. The van der Waals surface area contributed by atoms with Gasteiger partial charge in [-0.15, -0.1) is 0 Å². The van der Waals surface area contributed by atoms with Crippen LogP contribution in [0.2, 0.25) is 5.02 Å². The van der Waals surface area contributed by atoms with Gasteiger partial charge in [0.1, 0.15) is 11.6 Å². The minimum atomic E-state index is -0.471. The second kappa shape index (κ2) is 11.9. The van der Waals surface area contributed by atoms with Gasteiger partial charge in [0, 0.05) is 38.3 Å². The summed E-state index contributed by atoms with van der Waals surface area (Å²) in [5.41, 5.74) is 0.618. The number of aliphatic hydroxyl groups excluding tert-OH is 1. The lowest BCUT2D eigenvalue weighted by molar-refractivity contribution is -0.118. The van der Waals surface area contributed by atoms with E-state index in [9.17, 15) is 9.90 Å². The number of ether oxygens (including phenoxy) is 2. The van der Waals surface area contributed by atoms with Crippen LogP contribution in [0.1, 0.15) is 6.42 Å². The molecule has 9 heteroatoms. The Labute approximate surface area is 187 Å². The van der Waals surface area contributed by atoms with Gasteiger partial charge in [-0.05, 0) is 49.4 Å². The largest absolute Gasteiger partial charge is 0.484 e. The van der Waals surface area contributed by atoms with Gasteiger partial charge in [-0.3, -0.25) is 9.69 Å². The smallest absolute Gasteiger partial charge is 0.262 e. The highest BCUT2D eigenvalue weighted by atomic mass is 35.5. The van der Waals surface area contributed by atoms with Gasteiger partial charge in [0.2, 0.25) is 0 Å². The number of rotatable bonds is 9. The van der Waals surface area contributed by atoms with Crippen molar-refractivity contribution in [2.75, 3.05) is 63.3 Å². The molecular formula is C22H29ClN4O4. The molecule has 1 atom stereocenters. The fraction of sp³-hybridized carbons (Fsp3) is 0.455. The topological polar surface area (TPSA) is 87.2 Å². The monoisotopic (exact) mass is 448 g/mol. The van der Waals surface area contributed by atoms with Gasteiger partial charge in [-0.2, -0.15) is 0 Å². The number of β-amino-alcohol motifs (C(OH)–C–C–N with tert-alkyl or cyclic N) is 1. The van der Waals surface area contributed by atoms with Crippen molar-refractivity contribution in [2.24, 2.45) is 0 Å². The molecule has 1 aliphatic rings. The van der Waals surface area contributed by atoms with E-state index in [1.165, 1.54) is 0 Å². The number of carbonyl (C=O) groups is 1. The second-order valence-corrected chi connectivity index (χ2v) is 7.88. The second-order valence-electron chi connectivity index (χ2n) is 7.45. The molecule has 3 rings (SSSR count). The lowest BCUT2D eigenvalue weighted by atomic mass is 10.3. The normalized spacial score (nSPS) is 15.9. The van der Waals surface area contributed by atoms with Gasteiger partial charge < -0.3 is 24.8 Å². The molecule has 0 aliphatic carbocycles. The standard InChI is InChI=1S/C22H29ClN4O4/c1-30-15-19(28)14-26-9-2-10-27(12-11-26)21-8-5-18(13-24-21)25-22(29)16-31-20-6-3-17(23)4-7-20/h3-8,13,19,28H,2,9-12,14-16H2,1H3,(H,25,29). The molecule has 2 N–H and O–H groups in total. The van der Waals surface area contributed by atoms with Crippen molar-refractivity contribution in [3.63, 3.8) is 0 Å². The lowest BCUT2D eigenvalue weighted by Gasteiger charge is -2.24. The van der Waals surface area contributed by atoms with Crippen LogP contribution < -0.4 is 15.0 Å². The Kier molecular flexibility index (Phi) is 8.90. The van der Waals surface area contributed by atoms with Crippen LogP contribution in [0, 0.1) is 0 Å². The number of aromatic nitrogens is 1. The zero-order chi connectivity index (χ0) is 22.1. The summed E-state index contributed by atoms with van der Waals surface area (Å²) < 4.78 is 10.5. The molecule has 31 heavy (non-hydrogen) atoms. The number of anilines is 2. The van der Waals surface area contributed by atoms with E-state index >= 15 is 0 Å². The Morgan fingerprint density at radius 3 is 2.71 bits per heavy atom. The molecular weight excluding hydrogens is 420 g/mol. The molecule has 2 aromatic rings. The number of benzene rings is 1. The number of amides is 1. The van der Waals surface area contributed by atoms with Crippen LogP contribution in [0.4, 0.5) is 11.5 Å². The molecule has 0 radical (unpaired) electrons. The fourth-order valence-electron chi connectivity index (χ4n) is 3.45. The number of methoxy groups -OCH3 is 1. The Balaban J connectivity index is 1.46. The summed E-state index contributed by atoms with van der Waals surface area (Å²) in [6.45, 7) is 4.36. The Morgan fingerprint density at radius 1 is 1.19 bits per heavy atom. The molecule has 1 amide bonds. The first-order valence-electron chi connectivity index (χ1n) is 10.3. The van der Waals surface area contributed by atoms with Crippen LogP contribution in [-0.2, 0) is 9.53 Å². The maximum Gasteiger partial charge on any atom is 0.262 e. The molecule has 0 saturated carbocycles. The van der Waals surface area contributed by atoms with Crippen molar-refractivity contribution < 1.29 is 19.4 Å². The average molecular weight is 449 g/mol. The van der Waals surface area contributed by atoms with Crippen molar-refractivity contribution in [1.82, 2.24) is 9.88 Å². The summed E-state index contributed by atoms with van der Waals surface area (Å²) in [5, 5.41) is 13.4. The predicted molar refractivity (Wildman–Crippen MR) is 121 cm³/mol. The van der Waals surface area contributed by atoms with Gasteiger partial charge in [0.05, 0.1) is 24.6 Å². The fourth-order valence-corrected chi connectivity index (χ4v) is 3.58. The van der Waals surface area contributed by atoms with Gasteiger partial charge in [-0.25, -0.2) is 4.98 Å². The molecule has 1 aromatic carbocycles. The maximum atomic E-state index is 12.1. The SMILES string of the molecule is COCC(O)CN1CCCN(c2ccc(NC(=O)COc3ccc(Cl)cc3)cn2)CC1. The van der Waals surface area contributed by atoms with Gasteiger partial charge in [0.15, 0.2) is 6.61 Å². The summed E-state index contributed by atoms with van der Waals surface area (Å²) in [6, 6.07) is 10.6. The highest BCUT2D eigenvalue weighted by Gasteiger charge is 2.18. The highest BCUT2D eigenvalue weighted by molar-refractivity contribution is 6.30. The molecule has 168 valence electrons. The first-order chi connectivity index (χ1) is 15.0. The van der Waals surface area contributed by atoms with E-state index < -0.39 is 6.10 Å². The minimum Gasteiger partial charge on any atom is -0.484 e. The third-order valence-electron chi connectivity index (χ3n) is 4.96. The van der Waals surface area contributed by atoms with Crippen LogP contribution in [-0.4, -0.2) is 80.0 Å². The van der Waals surface area contributed by atoms with Crippen LogP contribution in [0.3, 0.4) is 0 Å². The van der Waals surface area contributed by atoms with Crippen LogP contribution in [0.15, 0.2) is 42.6 Å². The van der Waals surface area contributed by atoms with Gasteiger partial charge in [0.25, 0.3) is 5.91 Å². The zero-order valence-corrected chi connectivity index (χ0v) is 18.4. The molecule has 1 aliphatic heterocycles. The third-order valence-corrected chi connectivity index (χ3v) is 5.21. The quantitative estimate of drug-likeness (QED) is 0.608. The van der Waals surface area contributed by atoms with E-state index in [-0.39, 0.29) is 12.5 Å². The van der Waals surface area contributed by atoms with Gasteiger partial charge in [-0.1, -0.05) is 11.6 Å². The number of nitrogens with zero attached hydrogens (tertiary/aromatic N) is 3. The number of halogens is 1. The summed E-state index contributed by atoms with van der Waals surface area (Å²) in [4.78, 5) is 21.1. The number of aliphatic hydroxyl groups is 1. The number of hydrogen-bond donors (Lipinski definition) is 2. The van der Waals surface area contributed by atoms with Crippen molar-refractivity contribution >= 4 is 29.0 Å². The maximum absolute atomic E-state index is 12.1. The molecule has 1 fully saturated rings. The molecule has 1 aromatic heterocycles. The van der Waals surface area contributed by atoms with E-state index in [1.54, 1.807) is 37.6 Å². The Bertz CT molecular complexity index is 819. The van der Waals surface area contributed by atoms with Crippen LogP contribution >= 0.6 is 11.6 Å². The molecule has 0 spiro atoms. The van der Waals surface area contributed by atoms with Crippen molar-refractivity contribution in [3.8, 4) is 5.75 Å². The van der Waals surface area contributed by atoms with E-state index in [4.69, 9.17) is 21.1 Å². The first-order valence-corrected chi connectivity index (χ1v) is 10.7. The first kappa shape index (κ1) is 23.3. The molecule has 1 saturated heterocycles. The lowest BCUT2D eigenvalue weighted by Crippen LogP contribution is -2.37.